The molecule has 100 valence electrons. The quantitative estimate of drug-likeness (QED) is 0.731. The van der Waals surface area contributed by atoms with E-state index in [1.54, 1.807) is 42.6 Å². The minimum absolute atomic E-state index is 0.172. The first-order chi connectivity index (χ1) is 9.66. The van der Waals surface area contributed by atoms with Crippen molar-refractivity contribution in [1.82, 2.24) is 14.8 Å². The Labute approximate surface area is 118 Å². The van der Waals surface area contributed by atoms with Crippen LogP contribution in [0.25, 0.3) is 10.8 Å². The van der Waals surface area contributed by atoms with E-state index in [0.29, 0.717) is 21.5 Å². The third kappa shape index (κ3) is 2.12. The number of aromatic nitrogens is 3. The van der Waals surface area contributed by atoms with Gasteiger partial charge in [0.15, 0.2) is 0 Å². The highest BCUT2D eigenvalue weighted by Gasteiger charge is 2.08. The van der Waals surface area contributed by atoms with Gasteiger partial charge in [-0.05, 0) is 18.2 Å². The van der Waals surface area contributed by atoms with Crippen LogP contribution in [0.3, 0.4) is 0 Å². The number of halogens is 1. The van der Waals surface area contributed by atoms with Gasteiger partial charge in [0.05, 0.1) is 17.3 Å². The van der Waals surface area contributed by atoms with Gasteiger partial charge in [0, 0.05) is 11.8 Å². The van der Waals surface area contributed by atoms with Crippen LogP contribution >= 0.6 is 11.6 Å². The average Bonchev–Trinajstić information content (AvgIpc) is 2.47. The van der Waals surface area contributed by atoms with Crippen LogP contribution in [0.4, 0.5) is 0 Å². The summed E-state index contributed by atoms with van der Waals surface area (Å²) in [6.45, 7) is 0.172. The van der Waals surface area contributed by atoms with E-state index in [4.69, 9.17) is 11.6 Å². The number of hydrogen-bond donors (Lipinski definition) is 1. The molecular formula is C14H10ClN3O2. The van der Waals surface area contributed by atoms with Crippen LogP contribution in [0.1, 0.15) is 5.56 Å². The van der Waals surface area contributed by atoms with Crippen molar-refractivity contribution in [2.45, 2.75) is 6.54 Å². The number of benzene rings is 1. The van der Waals surface area contributed by atoms with Crippen LogP contribution in [0, 0.1) is 0 Å². The summed E-state index contributed by atoms with van der Waals surface area (Å²) < 4.78 is 1.24. The molecule has 1 N–H and O–H groups in total. The number of nitrogens with zero attached hydrogens (tertiary/aromatic N) is 2. The lowest BCUT2D eigenvalue weighted by Gasteiger charge is -2.08. The zero-order chi connectivity index (χ0) is 14.1. The predicted octanol–water partition coefficient (Wildman–Crippen LogP) is 1.79. The number of fused-ring (bicyclic) bond motifs is 1. The summed E-state index contributed by atoms with van der Waals surface area (Å²) >= 11 is 5.97. The zero-order valence-electron chi connectivity index (χ0n) is 10.3. The molecule has 0 radical (unpaired) electrons. The highest BCUT2D eigenvalue weighted by atomic mass is 35.5. The van der Waals surface area contributed by atoms with Gasteiger partial charge in [0.1, 0.15) is 5.15 Å². The summed E-state index contributed by atoms with van der Waals surface area (Å²) in [6.07, 6.45) is 1.57. The van der Waals surface area contributed by atoms with E-state index in [1.807, 2.05) is 0 Å². The fraction of sp³-hybridized carbons (Fsp3) is 0.0714. The van der Waals surface area contributed by atoms with Crippen molar-refractivity contribution in [3.05, 3.63) is 74.0 Å². The van der Waals surface area contributed by atoms with E-state index < -0.39 is 0 Å². The van der Waals surface area contributed by atoms with Crippen molar-refractivity contribution in [2.24, 2.45) is 0 Å². The lowest BCUT2D eigenvalue weighted by atomic mass is 10.2. The van der Waals surface area contributed by atoms with Crippen LogP contribution in [0.2, 0.25) is 5.15 Å². The topological polar surface area (TPSA) is 67.8 Å². The molecule has 6 heteroatoms. The van der Waals surface area contributed by atoms with E-state index in [9.17, 15) is 9.59 Å². The lowest BCUT2D eigenvalue weighted by molar-refractivity contribution is 0.635. The van der Waals surface area contributed by atoms with Crippen molar-refractivity contribution >= 4 is 22.4 Å². The molecule has 2 aromatic heterocycles. The van der Waals surface area contributed by atoms with Crippen LogP contribution in [-0.2, 0) is 6.54 Å². The summed E-state index contributed by atoms with van der Waals surface area (Å²) in [4.78, 5) is 28.2. The molecule has 1 aromatic carbocycles. The molecule has 0 saturated carbocycles. The Bertz CT molecular complexity index is 899. The van der Waals surface area contributed by atoms with E-state index in [1.165, 1.54) is 4.68 Å². The van der Waals surface area contributed by atoms with Gasteiger partial charge in [-0.2, -0.15) is 0 Å². The Balaban J connectivity index is 2.19. The first-order valence-electron chi connectivity index (χ1n) is 5.98. The maximum atomic E-state index is 12.3. The van der Waals surface area contributed by atoms with Crippen LogP contribution in [0.15, 0.2) is 52.2 Å². The molecule has 3 aromatic rings. The fourth-order valence-corrected chi connectivity index (χ4v) is 2.24. The van der Waals surface area contributed by atoms with E-state index in [0.717, 1.165) is 0 Å². The third-order valence-electron chi connectivity index (χ3n) is 3.05. The Kier molecular flexibility index (Phi) is 3.12. The van der Waals surface area contributed by atoms with Crippen molar-refractivity contribution in [3.63, 3.8) is 0 Å². The molecule has 0 aliphatic rings. The first-order valence-corrected chi connectivity index (χ1v) is 6.36. The standard InChI is InChI=1S/C14H10ClN3O2/c15-12-9(4-3-7-16-12)8-18-14(20)11-6-2-1-5-10(11)13(19)17-18/h1-7H,8H2,(H,17,19). The second-order valence-electron chi connectivity index (χ2n) is 4.33. The number of nitrogens with one attached hydrogen (secondary N) is 1. The number of H-pyrrole nitrogens is 1. The van der Waals surface area contributed by atoms with Gasteiger partial charge in [0.25, 0.3) is 11.1 Å². The molecule has 0 atom stereocenters. The molecule has 0 aliphatic carbocycles. The Morgan fingerprint density at radius 3 is 2.60 bits per heavy atom. The van der Waals surface area contributed by atoms with Gasteiger partial charge in [-0.3, -0.25) is 14.7 Å². The Hall–Kier alpha value is -2.40. The van der Waals surface area contributed by atoms with Crippen molar-refractivity contribution in [3.8, 4) is 0 Å². The summed E-state index contributed by atoms with van der Waals surface area (Å²) in [5.74, 6) is 0. The molecule has 0 unspecified atom stereocenters. The van der Waals surface area contributed by atoms with Gasteiger partial charge in [-0.25, -0.2) is 9.67 Å². The molecule has 2 heterocycles. The molecule has 5 nitrogen and oxygen atoms in total. The Morgan fingerprint density at radius 1 is 1.10 bits per heavy atom. The molecule has 0 aliphatic heterocycles. The minimum atomic E-state index is -0.305. The highest BCUT2D eigenvalue weighted by molar-refractivity contribution is 6.30. The maximum Gasteiger partial charge on any atom is 0.273 e. The predicted molar refractivity (Wildman–Crippen MR) is 77.2 cm³/mol. The monoisotopic (exact) mass is 287 g/mol. The lowest BCUT2D eigenvalue weighted by Crippen LogP contribution is -2.30. The summed E-state index contributed by atoms with van der Waals surface area (Å²) in [6, 6.07) is 10.2. The van der Waals surface area contributed by atoms with Gasteiger partial charge in [0.2, 0.25) is 0 Å². The largest absolute Gasteiger partial charge is 0.273 e. The normalized spacial score (nSPS) is 10.8. The molecule has 0 spiro atoms. The third-order valence-corrected chi connectivity index (χ3v) is 3.39. The van der Waals surface area contributed by atoms with E-state index in [-0.39, 0.29) is 17.7 Å². The van der Waals surface area contributed by atoms with Crippen molar-refractivity contribution in [2.75, 3.05) is 0 Å². The molecule has 20 heavy (non-hydrogen) atoms. The smallest absolute Gasteiger partial charge is 0.267 e. The van der Waals surface area contributed by atoms with Gasteiger partial charge in [-0.1, -0.05) is 29.8 Å². The zero-order valence-corrected chi connectivity index (χ0v) is 11.1. The number of rotatable bonds is 2. The highest BCUT2D eigenvalue weighted by Crippen LogP contribution is 2.12. The van der Waals surface area contributed by atoms with Gasteiger partial charge >= 0.3 is 0 Å². The van der Waals surface area contributed by atoms with Crippen LogP contribution in [0.5, 0.6) is 0 Å². The van der Waals surface area contributed by atoms with Gasteiger partial charge < -0.3 is 0 Å². The minimum Gasteiger partial charge on any atom is -0.267 e. The van der Waals surface area contributed by atoms with E-state index in [2.05, 4.69) is 10.1 Å². The summed E-state index contributed by atoms with van der Waals surface area (Å²) in [7, 11) is 0. The SMILES string of the molecule is O=c1[nH]n(Cc2cccnc2Cl)c(=O)c2ccccc12. The number of pyridine rings is 1. The molecule has 0 fully saturated rings. The summed E-state index contributed by atoms with van der Waals surface area (Å²) in [5.41, 5.74) is 0.0996. The maximum absolute atomic E-state index is 12.3. The molecule has 3 rings (SSSR count). The molecule has 0 saturated heterocycles. The molecular weight excluding hydrogens is 278 g/mol. The fourth-order valence-electron chi connectivity index (χ4n) is 2.07. The Morgan fingerprint density at radius 2 is 1.85 bits per heavy atom. The molecule has 0 amide bonds. The number of hydrogen-bond acceptors (Lipinski definition) is 3. The van der Waals surface area contributed by atoms with Gasteiger partial charge in [-0.15, -0.1) is 0 Å². The first kappa shape index (κ1) is 12.6. The summed E-state index contributed by atoms with van der Waals surface area (Å²) in [5, 5.41) is 3.64. The second kappa shape index (κ2) is 4.94. The van der Waals surface area contributed by atoms with E-state index >= 15 is 0 Å². The van der Waals surface area contributed by atoms with Crippen LogP contribution < -0.4 is 11.1 Å². The average molecular weight is 288 g/mol. The molecule has 0 bridgehead atoms. The van der Waals surface area contributed by atoms with Crippen LogP contribution in [-0.4, -0.2) is 14.8 Å². The number of aromatic amines is 1. The second-order valence-corrected chi connectivity index (χ2v) is 4.69. The van der Waals surface area contributed by atoms with Crippen molar-refractivity contribution < 1.29 is 0 Å². The van der Waals surface area contributed by atoms with Crippen molar-refractivity contribution in [1.29, 1.82) is 0 Å².